The molecule has 1 aliphatic carbocycles. The van der Waals surface area contributed by atoms with Crippen LogP contribution in [0.1, 0.15) is 39.0 Å². The summed E-state index contributed by atoms with van der Waals surface area (Å²) in [6, 6.07) is 0. The first kappa shape index (κ1) is 14.0. The largest absolute Gasteiger partial charge is 0.481 e. The van der Waals surface area contributed by atoms with Crippen molar-refractivity contribution in [3.05, 3.63) is 0 Å². The summed E-state index contributed by atoms with van der Waals surface area (Å²) in [5, 5.41) is 19.2. The van der Waals surface area contributed by atoms with Gasteiger partial charge in [-0.1, -0.05) is 18.7 Å². The van der Waals surface area contributed by atoms with E-state index >= 15 is 0 Å². The summed E-state index contributed by atoms with van der Waals surface area (Å²) in [5.41, 5.74) is 1.06. The van der Waals surface area contributed by atoms with E-state index < -0.39 is 11.2 Å². The van der Waals surface area contributed by atoms with Crippen LogP contribution in [-0.2, 0) is 9.59 Å². The molecule has 2 N–H and O–H groups in total. The second kappa shape index (κ2) is 6.18. The molecule has 1 saturated carbocycles. The topological polar surface area (TPSA) is 91.1 Å². The predicted molar refractivity (Wildman–Crippen MR) is 74.3 cm³/mol. The number of nitrogens with zero attached hydrogens (tertiary/aromatic N) is 2. The highest BCUT2D eigenvalue weighted by atomic mass is 32.2. The van der Waals surface area contributed by atoms with Gasteiger partial charge in [-0.25, -0.2) is 0 Å². The molecule has 1 heterocycles. The molecule has 19 heavy (non-hydrogen) atoms. The first-order chi connectivity index (χ1) is 9.04. The lowest BCUT2D eigenvalue weighted by Crippen LogP contribution is -2.26. The molecule has 6 nitrogen and oxygen atoms in total. The summed E-state index contributed by atoms with van der Waals surface area (Å²) in [5.74, 6) is -0.544. The third kappa shape index (κ3) is 4.05. The Balaban J connectivity index is 1.92. The van der Waals surface area contributed by atoms with Gasteiger partial charge in [0.1, 0.15) is 5.25 Å². The zero-order valence-corrected chi connectivity index (χ0v) is 11.6. The molecule has 1 atom stereocenters. The lowest BCUT2D eigenvalue weighted by Gasteiger charge is -2.17. The summed E-state index contributed by atoms with van der Waals surface area (Å²) in [6.45, 7) is 2.23. The first-order valence-corrected chi connectivity index (χ1v) is 7.25. The average molecular weight is 283 g/mol. The summed E-state index contributed by atoms with van der Waals surface area (Å²) in [4.78, 5) is 22.1. The predicted octanol–water partition coefficient (Wildman–Crippen LogP) is 1.61. The van der Waals surface area contributed by atoms with Gasteiger partial charge >= 0.3 is 5.97 Å². The number of carbonyl (C=O) groups is 2. The van der Waals surface area contributed by atoms with Crippen molar-refractivity contribution in [2.24, 2.45) is 16.1 Å². The molecule has 1 aliphatic heterocycles. The van der Waals surface area contributed by atoms with Gasteiger partial charge < -0.3 is 10.4 Å². The van der Waals surface area contributed by atoms with Gasteiger partial charge in [0, 0.05) is 5.71 Å². The third-order valence-electron chi connectivity index (χ3n) is 3.27. The minimum Gasteiger partial charge on any atom is -0.481 e. The van der Waals surface area contributed by atoms with Gasteiger partial charge in [-0.3, -0.25) is 9.59 Å². The maximum absolute atomic E-state index is 11.5. The minimum absolute atomic E-state index is 0.191. The average Bonchev–Trinajstić information content (AvgIpc) is 2.69. The Bertz CT molecular complexity index is 438. The van der Waals surface area contributed by atoms with Crippen molar-refractivity contribution in [1.82, 2.24) is 5.32 Å². The standard InChI is InChI=1S/C12H17N3O3S/c1-7-2-4-8(5-3-7)14-15-12-13-11(18)9(19-12)6-10(16)17/h7,9H,2-6H2,1H3,(H,16,17)(H,13,15,18)/t7?,9-/m0/s1. The number of thioether (sulfide) groups is 1. The summed E-state index contributed by atoms with van der Waals surface area (Å²) in [7, 11) is 0. The van der Waals surface area contributed by atoms with Crippen LogP contribution in [0.2, 0.25) is 0 Å². The number of aliphatic carboxylic acids is 1. The number of hydrogen-bond donors (Lipinski definition) is 2. The van der Waals surface area contributed by atoms with Crippen molar-refractivity contribution in [2.45, 2.75) is 44.3 Å². The van der Waals surface area contributed by atoms with E-state index in [1.165, 1.54) is 0 Å². The smallest absolute Gasteiger partial charge is 0.305 e. The van der Waals surface area contributed by atoms with Crippen LogP contribution in [0.4, 0.5) is 0 Å². The van der Waals surface area contributed by atoms with Crippen LogP contribution < -0.4 is 5.32 Å². The number of carbonyl (C=O) groups excluding carboxylic acids is 1. The van der Waals surface area contributed by atoms with E-state index in [4.69, 9.17) is 5.11 Å². The number of amidine groups is 1. The van der Waals surface area contributed by atoms with E-state index in [-0.39, 0.29) is 12.3 Å². The highest BCUT2D eigenvalue weighted by molar-refractivity contribution is 8.15. The van der Waals surface area contributed by atoms with Gasteiger partial charge in [-0.05, 0) is 31.6 Å². The van der Waals surface area contributed by atoms with Gasteiger partial charge in [0.25, 0.3) is 0 Å². The van der Waals surface area contributed by atoms with Crippen molar-refractivity contribution in [2.75, 3.05) is 0 Å². The Morgan fingerprint density at radius 2 is 2.11 bits per heavy atom. The Hall–Kier alpha value is -1.37. The summed E-state index contributed by atoms with van der Waals surface area (Å²) >= 11 is 1.14. The van der Waals surface area contributed by atoms with E-state index in [0.717, 1.165) is 49.1 Å². The van der Waals surface area contributed by atoms with Crippen LogP contribution in [0.3, 0.4) is 0 Å². The van der Waals surface area contributed by atoms with Gasteiger partial charge in [0.2, 0.25) is 5.91 Å². The Morgan fingerprint density at radius 3 is 2.74 bits per heavy atom. The molecule has 1 amide bonds. The van der Waals surface area contributed by atoms with E-state index in [2.05, 4.69) is 22.4 Å². The summed E-state index contributed by atoms with van der Waals surface area (Å²) < 4.78 is 0. The molecule has 0 aromatic carbocycles. The van der Waals surface area contributed by atoms with Crippen LogP contribution >= 0.6 is 11.8 Å². The first-order valence-electron chi connectivity index (χ1n) is 6.37. The maximum Gasteiger partial charge on any atom is 0.305 e. The highest BCUT2D eigenvalue weighted by Gasteiger charge is 2.32. The fraction of sp³-hybridized carbons (Fsp3) is 0.667. The molecule has 0 aromatic rings. The number of hydrogen-bond acceptors (Lipinski definition) is 5. The molecular formula is C12H17N3O3S. The van der Waals surface area contributed by atoms with Crippen LogP contribution in [0.25, 0.3) is 0 Å². The van der Waals surface area contributed by atoms with Crippen LogP contribution in [-0.4, -0.2) is 33.1 Å². The number of rotatable bonds is 3. The van der Waals surface area contributed by atoms with Crippen LogP contribution in [0.5, 0.6) is 0 Å². The lowest BCUT2D eigenvalue weighted by molar-refractivity contribution is -0.138. The second-order valence-corrected chi connectivity index (χ2v) is 6.14. The van der Waals surface area contributed by atoms with E-state index in [1.54, 1.807) is 0 Å². The Labute approximate surface area is 115 Å². The number of carboxylic acid groups (broad SMARTS) is 1. The zero-order chi connectivity index (χ0) is 13.8. The normalized spacial score (nSPS) is 29.4. The highest BCUT2D eigenvalue weighted by Crippen LogP contribution is 2.24. The van der Waals surface area contributed by atoms with Crippen molar-refractivity contribution in [3.63, 3.8) is 0 Å². The maximum atomic E-state index is 11.5. The minimum atomic E-state index is -0.985. The Morgan fingerprint density at radius 1 is 1.42 bits per heavy atom. The van der Waals surface area contributed by atoms with Gasteiger partial charge in [0.05, 0.1) is 6.42 Å². The third-order valence-corrected chi connectivity index (χ3v) is 4.34. The van der Waals surface area contributed by atoms with Crippen LogP contribution in [0, 0.1) is 5.92 Å². The fourth-order valence-corrected chi connectivity index (χ4v) is 2.97. The van der Waals surface area contributed by atoms with Gasteiger partial charge in [-0.2, -0.15) is 5.10 Å². The molecule has 0 bridgehead atoms. The van der Waals surface area contributed by atoms with Crippen molar-refractivity contribution in [1.29, 1.82) is 0 Å². The van der Waals surface area contributed by atoms with Crippen molar-refractivity contribution < 1.29 is 14.7 Å². The Kier molecular flexibility index (Phi) is 4.57. The quantitative estimate of drug-likeness (QED) is 0.770. The number of carboxylic acids is 1. The fourth-order valence-electron chi connectivity index (χ4n) is 2.06. The number of nitrogens with one attached hydrogen (secondary N) is 1. The molecule has 104 valence electrons. The molecular weight excluding hydrogens is 266 g/mol. The summed E-state index contributed by atoms with van der Waals surface area (Å²) in [6.07, 6.45) is 3.98. The van der Waals surface area contributed by atoms with E-state index in [9.17, 15) is 9.59 Å². The second-order valence-electron chi connectivity index (χ2n) is 4.95. The molecule has 0 spiro atoms. The molecule has 1 saturated heterocycles. The number of amides is 1. The van der Waals surface area contributed by atoms with E-state index in [1.807, 2.05) is 0 Å². The molecule has 2 aliphatic rings. The zero-order valence-electron chi connectivity index (χ0n) is 10.8. The molecule has 0 radical (unpaired) electrons. The van der Waals surface area contributed by atoms with Gasteiger partial charge in [-0.15, -0.1) is 5.10 Å². The van der Waals surface area contributed by atoms with Crippen molar-refractivity contribution >= 4 is 34.5 Å². The molecule has 2 fully saturated rings. The molecule has 0 aromatic heterocycles. The molecule has 2 rings (SSSR count). The lowest BCUT2D eigenvalue weighted by atomic mass is 9.90. The molecule has 7 heteroatoms. The van der Waals surface area contributed by atoms with Crippen molar-refractivity contribution in [3.8, 4) is 0 Å². The monoisotopic (exact) mass is 283 g/mol. The van der Waals surface area contributed by atoms with Crippen LogP contribution in [0.15, 0.2) is 10.2 Å². The SMILES string of the molecule is CC1CCC(=N/N=C2/NC(=O)[C@H](CC(=O)O)S2)CC1. The van der Waals surface area contributed by atoms with E-state index in [0.29, 0.717) is 5.17 Å². The van der Waals surface area contributed by atoms with Gasteiger partial charge in [0.15, 0.2) is 5.17 Å². The molecule has 0 unspecified atom stereocenters.